The van der Waals surface area contributed by atoms with Crippen LogP contribution in [0.2, 0.25) is 0 Å². The van der Waals surface area contributed by atoms with Crippen LogP contribution < -0.4 is 14.4 Å². The van der Waals surface area contributed by atoms with E-state index in [9.17, 15) is 13.2 Å². The molecule has 0 unspecified atom stereocenters. The number of aryl methyl sites for hydroxylation is 2. The largest absolute Gasteiger partial charge is 0.495 e. The summed E-state index contributed by atoms with van der Waals surface area (Å²) in [6.07, 6.45) is 0. The van der Waals surface area contributed by atoms with Crippen LogP contribution in [-0.2, 0) is 10.0 Å². The van der Waals surface area contributed by atoms with Gasteiger partial charge in [0.15, 0.2) is 0 Å². The highest BCUT2D eigenvalue weighted by molar-refractivity contribution is 7.92. The van der Waals surface area contributed by atoms with Gasteiger partial charge in [-0.05, 0) is 73.5 Å². The van der Waals surface area contributed by atoms with Crippen LogP contribution in [0, 0.1) is 13.8 Å². The summed E-state index contributed by atoms with van der Waals surface area (Å²) in [5.41, 5.74) is 3.59. The molecule has 0 saturated carbocycles. The Bertz CT molecular complexity index is 1150. The highest BCUT2D eigenvalue weighted by Gasteiger charge is 2.24. The quantitative estimate of drug-likeness (QED) is 0.637. The van der Waals surface area contributed by atoms with Gasteiger partial charge in [-0.3, -0.25) is 9.10 Å². The molecule has 1 N–H and O–H groups in total. The van der Waals surface area contributed by atoms with Crippen molar-refractivity contribution in [3.63, 3.8) is 0 Å². The summed E-state index contributed by atoms with van der Waals surface area (Å²) in [4.78, 5) is 12.6. The van der Waals surface area contributed by atoms with Crippen molar-refractivity contribution in [3.8, 4) is 5.75 Å². The third kappa shape index (κ3) is 4.46. The molecule has 30 heavy (non-hydrogen) atoms. The number of rotatable bonds is 6. The van der Waals surface area contributed by atoms with Gasteiger partial charge < -0.3 is 10.1 Å². The SMILES string of the molecule is COc1ccccc1N(C)S(=O)(=O)c1ccc(C(=O)Nc2cc(C)cc(C)c2)cc1. The van der Waals surface area contributed by atoms with E-state index in [0.717, 1.165) is 15.4 Å². The van der Waals surface area contributed by atoms with Gasteiger partial charge in [0, 0.05) is 18.3 Å². The number of nitrogens with zero attached hydrogens (tertiary/aromatic N) is 1. The number of carbonyl (C=O) groups excluding carboxylic acids is 1. The molecule has 156 valence electrons. The molecule has 7 heteroatoms. The van der Waals surface area contributed by atoms with E-state index in [1.165, 1.54) is 38.4 Å². The molecule has 0 spiro atoms. The number of amides is 1. The van der Waals surface area contributed by atoms with E-state index < -0.39 is 10.0 Å². The summed E-state index contributed by atoms with van der Waals surface area (Å²) in [5, 5.41) is 2.85. The lowest BCUT2D eigenvalue weighted by Gasteiger charge is -2.21. The summed E-state index contributed by atoms with van der Waals surface area (Å²) in [5.74, 6) is 0.148. The number of nitrogens with one attached hydrogen (secondary N) is 1. The smallest absolute Gasteiger partial charge is 0.264 e. The number of ether oxygens (including phenoxy) is 1. The average molecular weight is 425 g/mol. The molecule has 0 fully saturated rings. The Morgan fingerprint density at radius 3 is 2.13 bits per heavy atom. The average Bonchev–Trinajstić information content (AvgIpc) is 2.72. The standard InChI is InChI=1S/C23H24N2O4S/c1-16-13-17(2)15-19(14-16)24-23(26)18-9-11-20(12-10-18)30(27,28)25(3)21-7-5-6-8-22(21)29-4/h5-15H,1-4H3,(H,24,26). The van der Waals surface area contributed by atoms with Crippen molar-refractivity contribution in [1.82, 2.24) is 0 Å². The summed E-state index contributed by atoms with van der Waals surface area (Å²) in [6, 6.07) is 18.5. The Morgan fingerprint density at radius 2 is 1.53 bits per heavy atom. The van der Waals surface area contributed by atoms with E-state index in [4.69, 9.17) is 4.74 Å². The molecule has 0 aliphatic carbocycles. The summed E-state index contributed by atoms with van der Waals surface area (Å²) in [7, 11) is -0.861. The van der Waals surface area contributed by atoms with Crippen LogP contribution >= 0.6 is 0 Å². The van der Waals surface area contributed by atoms with Gasteiger partial charge in [0.05, 0.1) is 17.7 Å². The van der Waals surface area contributed by atoms with Crippen molar-refractivity contribution in [2.45, 2.75) is 18.7 Å². The molecule has 3 aromatic carbocycles. The summed E-state index contributed by atoms with van der Waals surface area (Å²) < 4.78 is 32.5. The van der Waals surface area contributed by atoms with Crippen LogP contribution in [0.25, 0.3) is 0 Å². The van der Waals surface area contributed by atoms with Crippen LogP contribution in [0.1, 0.15) is 21.5 Å². The maximum absolute atomic E-state index is 13.0. The number of hydrogen-bond acceptors (Lipinski definition) is 4. The predicted molar refractivity (Wildman–Crippen MR) is 119 cm³/mol. The first kappa shape index (κ1) is 21.4. The summed E-state index contributed by atoms with van der Waals surface area (Å²) >= 11 is 0. The van der Waals surface area contributed by atoms with Gasteiger partial charge in [-0.25, -0.2) is 8.42 Å². The minimum absolute atomic E-state index is 0.0823. The maximum Gasteiger partial charge on any atom is 0.264 e. The van der Waals surface area contributed by atoms with Crippen LogP contribution in [0.15, 0.2) is 71.6 Å². The van der Waals surface area contributed by atoms with E-state index in [2.05, 4.69) is 5.32 Å². The molecular formula is C23H24N2O4S. The predicted octanol–water partition coefficient (Wildman–Crippen LogP) is 4.39. The molecular weight excluding hydrogens is 400 g/mol. The Labute approximate surface area is 177 Å². The fourth-order valence-electron chi connectivity index (χ4n) is 3.21. The zero-order valence-electron chi connectivity index (χ0n) is 17.3. The van der Waals surface area contributed by atoms with Gasteiger partial charge in [0.25, 0.3) is 15.9 Å². The maximum atomic E-state index is 13.0. The second kappa shape index (κ2) is 8.59. The molecule has 1 amide bonds. The highest BCUT2D eigenvalue weighted by Crippen LogP contribution is 2.30. The molecule has 0 aliphatic heterocycles. The monoisotopic (exact) mass is 424 g/mol. The van der Waals surface area contributed by atoms with Gasteiger partial charge in [0.1, 0.15) is 5.75 Å². The minimum Gasteiger partial charge on any atom is -0.495 e. The Hall–Kier alpha value is -3.32. The first-order valence-corrected chi connectivity index (χ1v) is 10.8. The number of sulfonamides is 1. The normalized spacial score (nSPS) is 11.1. The fourth-order valence-corrected chi connectivity index (χ4v) is 4.41. The molecule has 6 nitrogen and oxygen atoms in total. The second-order valence-electron chi connectivity index (χ2n) is 7.00. The van der Waals surface area contributed by atoms with E-state index >= 15 is 0 Å². The lowest BCUT2D eigenvalue weighted by Crippen LogP contribution is -2.27. The van der Waals surface area contributed by atoms with E-state index in [1.54, 1.807) is 24.3 Å². The zero-order valence-corrected chi connectivity index (χ0v) is 18.2. The van der Waals surface area contributed by atoms with Crippen molar-refractivity contribution in [1.29, 1.82) is 0 Å². The number of hydrogen-bond donors (Lipinski definition) is 1. The number of anilines is 2. The van der Waals surface area contributed by atoms with Gasteiger partial charge in [-0.1, -0.05) is 18.2 Å². The first-order chi connectivity index (χ1) is 14.2. The lowest BCUT2D eigenvalue weighted by molar-refractivity contribution is 0.102. The number of para-hydroxylation sites is 2. The molecule has 0 saturated heterocycles. The molecule has 0 aromatic heterocycles. The lowest BCUT2D eigenvalue weighted by atomic mass is 10.1. The van der Waals surface area contributed by atoms with Gasteiger partial charge in [-0.2, -0.15) is 0 Å². The van der Waals surface area contributed by atoms with Gasteiger partial charge >= 0.3 is 0 Å². The molecule has 0 bridgehead atoms. The van der Waals surface area contributed by atoms with Crippen LogP contribution in [-0.4, -0.2) is 28.5 Å². The number of methoxy groups -OCH3 is 1. The van der Waals surface area contributed by atoms with Crippen LogP contribution in [0.4, 0.5) is 11.4 Å². The van der Waals surface area contributed by atoms with E-state index in [0.29, 0.717) is 22.7 Å². The first-order valence-electron chi connectivity index (χ1n) is 9.34. The topological polar surface area (TPSA) is 75.7 Å². The van der Waals surface area contributed by atoms with Crippen molar-refractivity contribution >= 4 is 27.3 Å². The molecule has 0 radical (unpaired) electrons. The van der Waals surface area contributed by atoms with Crippen molar-refractivity contribution in [3.05, 3.63) is 83.4 Å². The minimum atomic E-state index is -3.82. The van der Waals surface area contributed by atoms with Crippen LogP contribution in [0.3, 0.4) is 0 Å². The fraction of sp³-hybridized carbons (Fsp3) is 0.174. The van der Waals surface area contributed by atoms with Crippen LogP contribution in [0.5, 0.6) is 5.75 Å². The third-order valence-corrected chi connectivity index (χ3v) is 6.46. The van der Waals surface area contributed by atoms with Gasteiger partial charge in [-0.15, -0.1) is 0 Å². The molecule has 3 rings (SSSR count). The van der Waals surface area contributed by atoms with Gasteiger partial charge in [0.2, 0.25) is 0 Å². The Kier molecular flexibility index (Phi) is 6.12. The summed E-state index contributed by atoms with van der Waals surface area (Å²) in [6.45, 7) is 3.92. The number of benzene rings is 3. The molecule has 3 aromatic rings. The van der Waals surface area contributed by atoms with Crippen molar-refractivity contribution in [2.24, 2.45) is 0 Å². The Morgan fingerprint density at radius 1 is 0.933 bits per heavy atom. The van der Waals surface area contributed by atoms with Crippen molar-refractivity contribution in [2.75, 3.05) is 23.8 Å². The number of carbonyl (C=O) groups is 1. The van der Waals surface area contributed by atoms with Crippen molar-refractivity contribution < 1.29 is 17.9 Å². The third-order valence-electron chi connectivity index (χ3n) is 4.68. The molecule has 0 heterocycles. The van der Waals surface area contributed by atoms with E-state index in [-0.39, 0.29) is 10.8 Å². The Balaban J connectivity index is 1.82. The second-order valence-corrected chi connectivity index (χ2v) is 8.97. The van der Waals surface area contributed by atoms with E-state index in [1.807, 2.05) is 32.0 Å². The highest BCUT2D eigenvalue weighted by atomic mass is 32.2. The molecule has 0 atom stereocenters. The zero-order chi connectivity index (χ0) is 21.9. The molecule has 0 aliphatic rings.